The van der Waals surface area contributed by atoms with Gasteiger partial charge in [0.05, 0.1) is 11.3 Å². The van der Waals surface area contributed by atoms with Crippen LogP contribution in [-0.2, 0) is 19.0 Å². The summed E-state index contributed by atoms with van der Waals surface area (Å²) in [6.45, 7) is 0.237. The van der Waals surface area contributed by atoms with Crippen molar-refractivity contribution in [2.75, 3.05) is 12.3 Å². The van der Waals surface area contributed by atoms with Crippen LogP contribution in [0.25, 0.3) is 0 Å². The largest absolute Gasteiger partial charge is 0.416 e. The van der Waals surface area contributed by atoms with Gasteiger partial charge in [0.25, 0.3) is 11.5 Å². The fraction of sp³-hybridized carbons (Fsp3) is 0.389. The Morgan fingerprint density at radius 1 is 1.26 bits per heavy atom. The molecule has 1 heterocycles. The zero-order valence-corrected chi connectivity index (χ0v) is 15.2. The second kappa shape index (κ2) is 8.16. The minimum Gasteiger partial charge on any atom is -0.351 e. The molecule has 0 bridgehead atoms. The zero-order chi connectivity index (χ0) is 19.4. The molecule has 5 nitrogen and oxygen atoms in total. The van der Waals surface area contributed by atoms with Gasteiger partial charge in [-0.2, -0.15) is 13.2 Å². The van der Waals surface area contributed by atoms with Gasteiger partial charge in [0.15, 0.2) is 5.16 Å². The maximum atomic E-state index is 12.7. The summed E-state index contributed by atoms with van der Waals surface area (Å²) in [5.74, 6) is -0.138. The van der Waals surface area contributed by atoms with Crippen LogP contribution in [0.5, 0.6) is 0 Å². The van der Waals surface area contributed by atoms with E-state index in [2.05, 4.69) is 15.3 Å². The van der Waals surface area contributed by atoms with Crippen molar-refractivity contribution in [2.45, 2.75) is 37.0 Å². The predicted octanol–water partition coefficient (Wildman–Crippen LogP) is 3.19. The number of halogens is 3. The summed E-state index contributed by atoms with van der Waals surface area (Å²) in [4.78, 5) is 31.3. The van der Waals surface area contributed by atoms with E-state index < -0.39 is 17.6 Å². The highest BCUT2D eigenvalue weighted by Crippen LogP contribution is 2.29. The fourth-order valence-corrected chi connectivity index (χ4v) is 3.64. The Morgan fingerprint density at radius 3 is 2.81 bits per heavy atom. The van der Waals surface area contributed by atoms with Crippen LogP contribution in [0.1, 0.15) is 40.0 Å². The molecule has 2 N–H and O–H groups in total. The molecular formula is C18H18F3N3O2S. The number of fused-ring (bicyclic) bond motifs is 1. The third-order valence-electron chi connectivity index (χ3n) is 4.25. The van der Waals surface area contributed by atoms with Gasteiger partial charge in [-0.3, -0.25) is 9.59 Å². The number of H-pyrrole nitrogens is 1. The molecule has 1 aromatic heterocycles. The predicted molar refractivity (Wildman–Crippen MR) is 96.0 cm³/mol. The Kier molecular flexibility index (Phi) is 5.88. The van der Waals surface area contributed by atoms with Crippen LogP contribution in [0.4, 0.5) is 13.2 Å². The van der Waals surface area contributed by atoms with Gasteiger partial charge >= 0.3 is 6.18 Å². The summed E-state index contributed by atoms with van der Waals surface area (Å²) in [5, 5.41) is 3.07. The maximum absolute atomic E-state index is 12.7. The number of hydrogen-bond donors (Lipinski definition) is 2. The quantitative estimate of drug-likeness (QED) is 0.462. The molecule has 9 heteroatoms. The van der Waals surface area contributed by atoms with Crippen molar-refractivity contribution < 1.29 is 18.0 Å². The number of benzene rings is 1. The van der Waals surface area contributed by atoms with Crippen LogP contribution in [0.15, 0.2) is 34.2 Å². The number of rotatable bonds is 5. The van der Waals surface area contributed by atoms with Gasteiger partial charge in [-0.15, -0.1) is 0 Å². The molecule has 27 heavy (non-hydrogen) atoms. The molecule has 2 aromatic rings. The molecule has 0 unspecified atom stereocenters. The highest BCUT2D eigenvalue weighted by molar-refractivity contribution is 7.99. The summed E-state index contributed by atoms with van der Waals surface area (Å²) in [7, 11) is 0. The van der Waals surface area contributed by atoms with E-state index in [1.54, 1.807) is 0 Å². The van der Waals surface area contributed by atoms with Gasteiger partial charge in [0, 0.05) is 23.4 Å². The monoisotopic (exact) mass is 397 g/mol. The van der Waals surface area contributed by atoms with E-state index in [1.807, 2.05) is 0 Å². The van der Waals surface area contributed by atoms with Crippen LogP contribution < -0.4 is 10.9 Å². The molecule has 144 valence electrons. The van der Waals surface area contributed by atoms with Crippen molar-refractivity contribution in [3.63, 3.8) is 0 Å². The summed E-state index contributed by atoms with van der Waals surface area (Å²) in [6, 6.07) is 4.28. The number of aromatic nitrogens is 2. The van der Waals surface area contributed by atoms with Crippen molar-refractivity contribution in [1.29, 1.82) is 0 Å². The average Bonchev–Trinajstić information content (AvgIpc) is 2.64. The Labute approximate surface area is 157 Å². The molecule has 0 atom stereocenters. The number of amides is 1. The Balaban J connectivity index is 1.54. The molecule has 0 spiro atoms. The zero-order valence-electron chi connectivity index (χ0n) is 14.4. The number of carbonyl (C=O) groups excluding carboxylic acids is 1. The molecule has 1 amide bonds. The molecule has 1 aliphatic rings. The first-order valence-electron chi connectivity index (χ1n) is 8.55. The normalized spacial score (nSPS) is 13.9. The van der Waals surface area contributed by atoms with Crippen molar-refractivity contribution in [2.24, 2.45) is 0 Å². The lowest BCUT2D eigenvalue weighted by atomic mass is 9.97. The number of nitrogens with one attached hydrogen (secondary N) is 2. The first kappa shape index (κ1) is 19.5. The number of thioether (sulfide) groups is 1. The van der Waals surface area contributed by atoms with Gasteiger partial charge < -0.3 is 10.3 Å². The minimum absolute atomic E-state index is 0.0462. The number of nitrogens with zero attached hydrogens (tertiary/aromatic N) is 1. The molecule has 0 aliphatic heterocycles. The fourth-order valence-electron chi connectivity index (χ4n) is 2.90. The first-order chi connectivity index (χ1) is 12.8. The minimum atomic E-state index is -4.49. The number of alkyl halides is 3. The van der Waals surface area contributed by atoms with Gasteiger partial charge in [0.1, 0.15) is 0 Å². The standard InChI is InChI=1S/C18H18F3N3O2S/c19-18(20,21)12-5-3-4-11(10-12)15(25)22-8-9-27-17-23-14-7-2-1-6-13(14)16(26)24-17/h3-5,10H,1-2,6-9H2,(H,22,25)(H,23,24,26). The van der Waals surface area contributed by atoms with Crippen molar-refractivity contribution in [1.82, 2.24) is 15.3 Å². The number of aromatic amines is 1. The lowest BCUT2D eigenvalue weighted by molar-refractivity contribution is -0.137. The Morgan fingerprint density at radius 2 is 2.04 bits per heavy atom. The molecule has 1 aliphatic carbocycles. The molecule has 3 rings (SSSR count). The number of hydrogen-bond acceptors (Lipinski definition) is 4. The Hall–Kier alpha value is -2.29. The summed E-state index contributed by atoms with van der Waals surface area (Å²) >= 11 is 1.29. The van der Waals surface area contributed by atoms with Crippen molar-refractivity contribution >= 4 is 17.7 Å². The van der Waals surface area contributed by atoms with E-state index in [1.165, 1.54) is 23.9 Å². The number of carbonyl (C=O) groups is 1. The molecule has 0 saturated carbocycles. The highest BCUT2D eigenvalue weighted by atomic mass is 32.2. The topological polar surface area (TPSA) is 74.8 Å². The van der Waals surface area contributed by atoms with Crippen LogP contribution >= 0.6 is 11.8 Å². The number of aryl methyl sites for hydroxylation is 1. The summed E-state index contributed by atoms with van der Waals surface area (Å²) in [6.07, 6.45) is -0.947. The third-order valence-corrected chi connectivity index (χ3v) is 5.12. The second-order valence-corrected chi connectivity index (χ2v) is 7.27. The molecule has 0 radical (unpaired) electrons. The smallest absolute Gasteiger partial charge is 0.351 e. The Bertz CT molecular complexity index is 896. The summed E-state index contributed by atoms with van der Waals surface area (Å²) in [5.41, 5.74) is 0.564. The van der Waals surface area contributed by atoms with E-state index in [0.717, 1.165) is 49.1 Å². The second-order valence-electron chi connectivity index (χ2n) is 6.19. The summed E-state index contributed by atoms with van der Waals surface area (Å²) < 4.78 is 38.1. The van der Waals surface area contributed by atoms with E-state index >= 15 is 0 Å². The lowest BCUT2D eigenvalue weighted by Crippen LogP contribution is -2.26. The lowest BCUT2D eigenvalue weighted by Gasteiger charge is -2.14. The van der Waals surface area contributed by atoms with E-state index in [0.29, 0.717) is 10.9 Å². The molecule has 0 saturated heterocycles. The molecule has 1 aromatic carbocycles. The van der Waals surface area contributed by atoms with Crippen LogP contribution in [0.3, 0.4) is 0 Å². The van der Waals surface area contributed by atoms with Crippen LogP contribution in [0, 0.1) is 0 Å². The van der Waals surface area contributed by atoms with Crippen molar-refractivity contribution in [3.05, 3.63) is 57.0 Å². The van der Waals surface area contributed by atoms with Gasteiger partial charge in [-0.1, -0.05) is 17.8 Å². The first-order valence-corrected chi connectivity index (χ1v) is 9.53. The maximum Gasteiger partial charge on any atom is 0.416 e. The SMILES string of the molecule is O=C(NCCSc1nc2c(c(=O)[nH]1)CCCC2)c1cccc(C(F)(F)F)c1. The van der Waals surface area contributed by atoms with Crippen LogP contribution in [-0.4, -0.2) is 28.2 Å². The molecule has 0 fully saturated rings. The highest BCUT2D eigenvalue weighted by Gasteiger charge is 2.30. The van der Waals surface area contributed by atoms with Gasteiger partial charge in [-0.05, 0) is 43.9 Å². The average molecular weight is 397 g/mol. The molecular weight excluding hydrogens is 379 g/mol. The van der Waals surface area contributed by atoms with E-state index in [9.17, 15) is 22.8 Å². The van der Waals surface area contributed by atoms with E-state index in [4.69, 9.17) is 0 Å². The van der Waals surface area contributed by atoms with Crippen LogP contribution in [0.2, 0.25) is 0 Å². The van der Waals surface area contributed by atoms with Gasteiger partial charge in [0.2, 0.25) is 0 Å². The van der Waals surface area contributed by atoms with Crippen molar-refractivity contribution in [3.8, 4) is 0 Å². The van der Waals surface area contributed by atoms with Gasteiger partial charge in [-0.25, -0.2) is 4.98 Å². The third kappa shape index (κ3) is 4.91. The van der Waals surface area contributed by atoms with E-state index in [-0.39, 0.29) is 17.7 Å².